The number of benzene rings is 2. The Labute approximate surface area is 254 Å². The molecule has 2 aromatic rings. The maximum atomic E-state index is 13.8. The standard InChI is InChI=1S/C31H30BF6NO6/c1-2-16(9-17-3-6-22(41)7-4-17)5-8-25-26-18(15-40)10-23-27(24(26)14-32(44)45-25)29(43)39(28(23)42)21-12-19(30(33,34)35)11-20(13-21)31(36,37)38/h3-4,6-7,9,11-13,23-25,27,40-41,44H,2,5,8,10,14-15H2,1H3/b16-9+/t23-,24+,25-,27-/m1/s1. The van der Waals surface area contributed by atoms with Gasteiger partial charge in [0, 0.05) is 0 Å². The third-order valence-electron chi connectivity index (χ3n) is 8.78. The van der Waals surface area contributed by atoms with Crippen LogP contribution < -0.4 is 4.90 Å². The van der Waals surface area contributed by atoms with Gasteiger partial charge in [-0.2, -0.15) is 26.3 Å². The average Bonchev–Trinajstić information content (AvgIpc) is 3.23. The smallest absolute Gasteiger partial charge is 0.455 e. The number of aromatic hydroxyl groups is 1. The molecule has 0 saturated carbocycles. The topological polar surface area (TPSA) is 107 Å². The maximum Gasteiger partial charge on any atom is 0.455 e. The van der Waals surface area contributed by atoms with Crippen LogP contribution >= 0.6 is 0 Å². The lowest BCUT2D eigenvalue weighted by Gasteiger charge is -2.43. The summed E-state index contributed by atoms with van der Waals surface area (Å²) in [4.78, 5) is 27.7. The molecular formula is C31H30BF6NO6. The molecule has 5 rings (SSSR count). The molecule has 14 heteroatoms. The minimum absolute atomic E-state index is 0.0782. The Bertz CT molecular complexity index is 1500. The fourth-order valence-electron chi connectivity index (χ4n) is 6.71. The molecule has 3 N–H and O–H groups in total. The van der Waals surface area contributed by atoms with E-state index in [9.17, 15) is 51.2 Å². The Hall–Kier alpha value is -3.62. The Kier molecular flexibility index (Phi) is 8.95. The summed E-state index contributed by atoms with van der Waals surface area (Å²) in [6.45, 7) is 1.43. The summed E-state index contributed by atoms with van der Waals surface area (Å²) in [5.41, 5.74) is -1.40. The monoisotopic (exact) mass is 637 g/mol. The van der Waals surface area contributed by atoms with Crippen LogP contribution in [0.25, 0.3) is 6.08 Å². The molecule has 1 aliphatic carbocycles. The van der Waals surface area contributed by atoms with Crippen molar-refractivity contribution < 1.29 is 55.8 Å². The van der Waals surface area contributed by atoms with E-state index in [1.807, 2.05) is 13.0 Å². The number of hydrogen-bond donors (Lipinski definition) is 3. The first kappa shape index (κ1) is 32.8. The van der Waals surface area contributed by atoms with Gasteiger partial charge in [0.15, 0.2) is 0 Å². The van der Waals surface area contributed by atoms with E-state index in [4.69, 9.17) is 4.65 Å². The van der Waals surface area contributed by atoms with Crippen molar-refractivity contribution in [3.63, 3.8) is 0 Å². The van der Waals surface area contributed by atoms with Crippen LogP contribution in [-0.2, 0) is 26.6 Å². The summed E-state index contributed by atoms with van der Waals surface area (Å²) in [6, 6.07) is 7.20. The third kappa shape index (κ3) is 6.54. The van der Waals surface area contributed by atoms with Gasteiger partial charge in [0.05, 0.1) is 41.4 Å². The number of aliphatic hydroxyl groups excluding tert-OH is 1. The minimum Gasteiger partial charge on any atom is -0.508 e. The molecule has 0 aromatic heterocycles. The molecule has 0 radical (unpaired) electrons. The van der Waals surface area contributed by atoms with Crippen LogP contribution in [0, 0.1) is 17.8 Å². The summed E-state index contributed by atoms with van der Waals surface area (Å²) < 4.78 is 87.2. The quantitative estimate of drug-likeness (QED) is 0.149. The number of anilines is 1. The summed E-state index contributed by atoms with van der Waals surface area (Å²) >= 11 is 0. The highest BCUT2D eigenvalue weighted by atomic mass is 19.4. The molecular weight excluding hydrogens is 607 g/mol. The zero-order valence-corrected chi connectivity index (χ0v) is 24.0. The average molecular weight is 637 g/mol. The normalized spacial score (nSPS) is 24.3. The number of allylic oxidation sites excluding steroid dienone is 1. The first-order valence-corrected chi connectivity index (χ1v) is 14.4. The number of alkyl halides is 6. The number of nitrogens with zero attached hydrogens (tertiary/aromatic N) is 1. The molecule has 0 spiro atoms. The van der Waals surface area contributed by atoms with Crippen molar-refractivity contribution in [3.8, 4) is 5.75 Å². The lowest BCUT2D eigenvalue weighted by molar-refractivity contribution is -0.143. The number of fused-ring (bicyclic) bond motifs is 3. The summed E-state index contributed by atoms with van der Waals surface area (Å²) in [5, 5.41) is 30.5. The molecule has 4 atom stereocenters. The van der Waals surface area contributed by atoms with Crippen molar-refractivity contribution in [2.24, 2.45) is 17.8 Å². The Morgan fingerprint density at radius 3 is 2.18 bits per heavy atom. The molecule has 0 unspecified atom stereocenters. The van der Waals surface area contributed by atoms with E-state index in [1.165, 1.54) is 0 Å². The Morgan fingerprint density at radius 2 is 1.62 bits per heavy atom. The Balaban J connectivity index is 1.47. The number of rotatable bonds is 7. The van der Waals surface area contributed by atoms with Gasteiger partial charge in [-0.15, -0.1) is 0 Å². The number of amides is 2. The second kappa shape index (κ2) is 12.3. The number of carbonyl (C=O) groups excluding carboxylic acids is 2. The molecule has 0 bridgehead atoms. The first-order valence-electron chi connectivity index (χ1n) is 14.4. The van der Waals surface area contributed by atoms with Crippen LogP contribution in [0.3, 0.4) is 0 Å². The lowest BCUT2D eigenvalue weighted by Crippen LogP contribution is -2.46. The molecule has 2 aliphatic heterocycles. The van der Waals surface area contributed by atoms with Crippen LogP contribution in [0.15, 0.2) is 59.2 Å². The van der Waals surface area contributed by atoms with Crippen LogP contribution in [0.4, 0.5) is 32.0 Å². The second-order valence-corrected chi connectivity index (χ2v) is 11.5. The van der Waals surface area contributed by atoms with E-state index < -0.39 is 78.6 Å². The van der Waals surface area contributed by atoms with Crippen molar-refractivity contribution >= 4 is 30.7 Å². The number of aliphatic hydroxyl groups is 1. The summed E-state index contributed by atoms with van der Waals surface area (Å²) in [7, 11) is -1.36. The van der Waals surface area contributed by atoms with Gasteiger partial charge in [-0.05, 0) is 85.0 Å². The molecule has 7 nitrogen and oxygen atoms in total. The number of halogens is 6. The highest BCUT2D eigenvalue weighted by molar-refractivity contribution is 6.43. The van der Waals surface area contributed by atoms with Crippen LogP contribution in [0.5, 0.6) is 5.75 Å². The van der Waals surface area contributed by atoms with Crippen molar-refractivity contribution in [2.45, 2.75) is 57.4 Å². The SMILES string of the molecule is CC/C(=C\c1ccc(O)cc1)CC[C@H]1OB(O)C[C@H]2C1=C(CO)C[C@H]1C(=O)N(c3cc(C(F)(F)F)cc(C(F)(F)F)c3)C(=O)[C@H]12. The van der Waals surface area contributed by atoms with E-state index in [0.717, 1.165) is 11.1 Å². The lowest BCUT2D eigenvalue weighted by atomic mass is 9.58. The van der Waals surface area contributed by atoms with E-state index in [0.29, 0.717) is 47.4 Å². The molecule has 2 amide bonds. The van der Waals surface area contributed by atoms with Crippen molar-refractivity contribution in [1.29, 1.82) is 0 Å². The maximum absolute atomic E-state index is 13.8. The number of imide groups is 1. The molecule has 2 aromatic carbocycles. The number of carbonyl (C=O) groups is 2. The largest absolute Gasteiger partial charge is 0.508 e. The van der Waals surface area contributed by atoms with Gasteiger partial charge >= 0.3 is 19.5 Å². The van der Waals surface area contributed by atoms with Gasteiger partial charge in [0.2, 0.25) is 11.8 Å². The van der Waals surface area contributed by atoms with Gasteiger partial charge < -0.3 is 19.9 Å². The number of phenols is 1. The van der Waals surface area contributed by atoms with Gasteiger partial charge in [0.25, 0.3) is 0 Å². The minimum atomic E-state index is -5.18. The molecule has 2 saturated heterocycles. The highest BCUT2D eigenvalue weighted by Crippen LogP contribution is 2.52. The van der Waals surface area contributed by atoms with Crippen molar-refractivity contribution in [3.05, 3.63) is 75.9 Å². The number of phenolic OH excluding ortho intramolecular Hbond substituents is 1. The van der Waals surface area contributed by atoms with Crippen LogP contribution in [0.2, 0.25) is 6.32 Å². The zero-order valence-electron chi connectivity index (χ0n) is 24.0. The van der Waals surface area contributed by atoms with E-state index in [2.05, 4.69) is 0 Å². The van der Waals surface area contributed by atoms with Gasteiger partial charge in [0.1, 0.15) is 5.75 Å². The summed E-state index contributed by atoms with van der Waals surface area (Å²) in [6.07, 6.45) is -8.00. The van der Waals surface area contributed by atoms with Crippen LogP contribution in [0.1, 0.15) is 49.3 Å². The predicted octanol–water partition coefficient (Wildman–Crippen LogP) is 6.00. The highest BCUT2D eigenvalue weighted by Gasteiger charge is 2.58. The van der Waals surface area contributed by atoms with E-state index >= 15 is 0 Å². The van der Waals surface area contributed by atoms with Crippen LogP contribution in [-0.4, -0.2) is 46.9 Å². The van der Waals surface area contributed by atoms with E-state index in [1.54, 1.807) is 24.3 Å². The first-order chi connectivity index (χ1) is 21.1. The predicted molar refractivity (Wildman–Crippen MR) is 151 cm³/mol. The van der Waals surface area contributed by atoms with Gasteiger partial charge in [-0.1, -0.05) is 30.7 Å². The Morgan fingerprint density at radius 1 is 1.00 bits per heavy atom. The van der Waals surface area contributed by atoms with E-state index in [-0.39, 0.29) is 24.6 Å². The summed E-state index contributed by atoms with van der Waals surface area (Å²) in [5.74, 6) is -4.97. The molecule has 240 valence electrons. The molecule has 3 aliphatic rings. The molecule has 2 heterocycles. The van der Waals surface area contributed by atoms with Crippen molar-refractivity contribution in [1.82, 2.24) is 0 Å². The molecule has 45 heavy (non-hydrogen) atoms. The zero-order chi connectivity index (χ0) is 32.8. The second-order valence-electron chi connectivity index (χ2n) is 11.5. The van der Waals surface area contributed by atoms with Gasteiger partial charge in [-0.25, -0.2) is 4.90 Å². The molecule has 2 fully saturated rings. The third-order valence-corrected chi connectivity index (χ3v) is 8.78. The number of hydrogen-bond acceptors (Lipinski definition) is 6. The fourth-order valence-corrected chi connectivity index (χ4v) is 6.71. The van der Waals surface area contributed by atoms with Crippen molar-refractivity contribution in [2.75, 3.05) is 11.5 Å². The van der Waals surface area contributed by atoms with Gasteiger partial charge in [-0.3, -0.25) is 9.59 Å². The fraction of sp³-hybridized carbons (Fsp3) is 0.419.